The maximum absolute atomic E-state index is 12.3. The minimum absolute atomic E-state index is 0.262. The molecule has 0 saturated carbocycles. The lowest BCUT2D eigenvalue weighted by Crippen LogP contribution is -2.54. The summed E-state index contributed by atoms with van der Waals surface area (Å²) in [5, 5.41) is 21.6. The zero-order valence-electron chi connectivity index (χ0n) is 12.9. The van der Waals surface area contributed by atoms with E-state index in [2.05, 4.69) is 5.32 Å². The first-order valence-electron chi connectivity index (χ1n) is 7.27. The van der Waals surface area contributed by atoms with Crippen molar-refractivity contribution in [3.05, 3.63) is 0 Å². The number of carboxylic acid groups (broad SMARTS) is 2. The lowest BCUT2D eigenvalue weighted by molar-refractivity contribution is -0.143. The molecule has 1 fully saturated rings. The highest BCUT2D eigenvalue weighted by Crippen LogP contribution is 2.17. The van der Waals surface area contributed by atoms with Crippen LogP contribution in [-0.4, -0.2) is 76.5 Å². The number of nitrogens with two attached hydrogens (primary N) is 1. The van der Waals surface area contributed by atoms with Crippen LogP contribution in [-0.2, 0) is 24.0 Å². The van der Waals surface area contributed by atoms with Gasteiger partial charge in [-0.15, -0.1) is 0 Å². The molecule has 1 saturated heterocycles. The molecule has 134 valence electrons. The van der Waals surface area contributed by atoms with E-state index in [1.54, 1.807) is 0 Å². The summed E-state index contributed by atoms with van der Waals surface area (Å²) in [6.07, 6.45) is 0.238. The molecule has 11 nitrogen and oxygen atoms in total. The van der Waals surface area contributed by atoms with Gasteiger partial charge in [0.25, 0.3) is 0 Å². The highest BCUT2D eigenvalue weighted by Gasteiger charge is 2.35. The van der Waals surface area contributed by atoms with Crippen LogP contribution in [0, 0.1) is 0 Å². The third-order valence-electron chi connectivity index (χ3n) is 3.48. The van der Waals surface area contributed by atoms with Crippen molar-refractivity contribution in [2.75, 3.05) is 19.6 Å². The molecule has 0 unspecified atom stereocenters. The average Bonchev–Trinajstić information content (AvgIpc) is 3.00. The van der Waals surface area contributed by atoms with Crippen molar-refractivity contribution >= 4 is 29.7 Å². The molecule has 0 aromatic rings. The van der Waals surface area contributed by atoms with Crippen LogP contribution in [0.3, 0.4) is 0 Å². The van der Waals surface area contributed by atoms with E-state index in [0.717, 1.165) is 0 Å². The zero-order valence-corrected chi connectivity index (χ0v) is 12.9. The Hall–Kier alpha value is -2.69. The van der Waals surface area contributed by atoms with Crippen molar-refractivity contribution < 1.29 is 34.2 Å². The van der Waals surface area contributed by atoms with E-state index in [1.807, 2.05) is 5.32 Å². The van der Waals surface area contributed by atoms with Crippen molar-refractivity contribution in [2.45, 2.75) is 31.3 Å². The van der Waals surface area contributed by atoms with Gasteiger partial charge in [-0.05, 0) is 12.8 Å². The summed E-state index contributed by atoms with van der Waals surface area (Å²) in [6.45, 7) is -0.615. The topological polar surface area (TPSA) is 179 Å². The number of amides is 3. The van der Waals surface area contributed by atoms with Gasteiger partial charge in [0.15, 0.2) is 0 Å². The molecule has 2 atom stereocenters. The summed E-state index contributed by atoms with van der Waals surface area (Å²) in [5.74, 6) is -4.67. The van der Waals surface area contributed by atoms with E-state index < -0.39 is 54.7 Å². The number of aliphatic carboxylic acids is 2. The van der Waals surface area contributed by atoms with Gasteiger partial charge in [0, 0.05) is 6.54 Å². The number of rotatable bonds is 8. The Balaban J connectivity index is 2.75. The molecule has 0 aliphatic carbocycles. The first-order chi connectivity index (χ1) is 11.3. The summed E-state index contributed by atoms with van der Waals surface area (Å²) in [6, 6.07) is -2.27. The lowest BCUT2D eigenvalue weighted by Gasteiger charge is -2.25. The van der Waals surface area contributed by atoms with Crippen LogP contribution in [0.2, 0.25) is 0 Å². The van der Waals surface area contributed by atoms with Crippen LogP contribution in [0.5, 0.6) is 0 Å². The summed E-state index contributed by atoms with van der Waals surface area (Å²) in [4.78, 5) is 58.4. The van der Waals surface area contributed by atoms with E-state index in [9.17, 15) is 24.0 Å². The van der Waals surface area contributed by atoms with Gasteiger partial charge in [0.05, 0.1) is 13.0 Å². The highest BCUT2D eigenvalue weighted by atomic mass is 16.4. The largest absolute Gasteiger partial charge is 0.481 e. The van der Waals surface area contributed by atoms with Gasteiger partial charge in [-0.25, -0.2) is 0 Å². The monoisotopic (exact) mass is 344 g/mol. The van der Waals surface area contributed by atoms with Crippen LogP contribution in [0.25, 0.3) is 0 Å². The van der Waals surface area contributed by atoms with Crippen LogP contribution in [0.1, 0.15) is 19.3 Å². The second kappa shape index (κ2) is 8.82. The molecule has 0 bridgehead atoms. The number of carboxylic acids is 2. The smallest absolute Gasteiger partial charge is 0.322 e. The SMILES string of the molecule is NCC(=O)N1CCC[C@H]1C(=O)N[C@@H](CC(=O)O)C(=O)NCC(=O)O. The molecule has 1 heterocycles. The summed E-state index contributed by atoms with van der Waals surface area (Å²) in [5.41, 5.74) is 5.28. The van der Waals surface area contributed by atoms with Crippen LogP contribution in [0.4, 0.5) is 0 Å². The zero-order chi connectivity index (χ0) is 18.3. The van der Waals surface area contributed by atoms with Gasteiger partial charge in [-0.2, -0.15) is 0 Å². The third kappa shape index (κ3) is 5.50. The van der Waals surface area contributed by atoms with Gasteiger partial charge in [-0.3, -0.25) is 24.0 Å². The van der Waals surface area contributed by atoms with E-state index in [1.165, 1.54) is 4.90 Å². The minimum atomic E-state index is -1.44. The van der Waals surface area contributed by atoms with Crippen molar-refractivity contribution in [1.29, 1.82) is 0 Å². The molecule has 24 heavy (non-hydrogen) atoms. The Morgan fingerprint density at radius 3 is 2.38 bits per heavy atom. The number of carbonyl (C=O) groups excluding carboxylic acids is 3. The molecule has 0 radical (unpaired) electrons. The van der Waals surface area contributed by atoms with Crippen molar-refractivity contribution in [3.63, 3.8) is 0 Å². The van der Waals surface area contributed by atoms with E-state index >= 15 is 0 Å². The van der Waals surface area contributed by atoms with E-state index in [-0.39, 0.29) is 6.54 Å². The number of hydrogen-bond donors (Lipinski definition) is 5. The summed E-state index contributed by atoms with van der Waals surface area (Å²) < 4.78 is 0. The minimum Gasteiger partial charge on any atom is -0.481 e. The molecule has 11 heteroatoms. The van der Waals surface area contributed by atoms with Gasteiger partial charge in [0.2, 0.25) is 17.7 Å². The second-order valence-corrected chi connectivity index (χ2v) is 5.22. The molecule has 1 rings (SSSR count). The quantitative estimate of drug-likeness (QED) is 0.311. The van der Waals surface area contributed by atoms with Gasteiger partial charge in [-0.1, -0.05) is 0 Å². The number of nitrogens with one attached hydrogen (secondary N) is 2. The second-order valence-electron chi connectivity index (χ2n) is 5.22. The number of hydrogen-bond acceptors (Lipinski definition) is 6. The Morgan fingerprint density at radius 2 is 1.83 bits per heavy atom. The van der Waals surface area contributed by atoms with Gasteiger partial charge in [0.1, 0.15) is 18.6 Å². The average molecular weight is 344 g/mol. The fraction of sp³-hybridized carbons (Fsp3) is 0.615. The molecular formula is C13H20N4O7. The molecule has 0 aromatic carbocycles. The Kier molecular flexibility index (Phi) is 7.11. The number of likely N-dealkylation sites (tertiary alicyclic amines) is 1. The highest BCUT2D eigenvalue weighted by molar-refractivity contribution is 5.95. The molecule has 1 aliphatic rings. The first-order valence-corrected chi connectivity index (χ1v) is 7.27. The maximum atomic E-state index is 12.3. The summed E-state index contributed by atoms with van der Waals surface area (Å²) >= 11 is 0. The lowest BCUT2D eigenvalue weighted by atomic mass is 10.1. The Morgan fingerprint density at radius 1 is 1.17 bits per heavy atom. The van der Waals surface area contributed by atoms with E-state index in [0.29, 0.717) is 19.4 Å². The Bertz CT molecular complexity index is 536. The third-order valence-corrected chi connectivity index (χ3v) is 3.48. The summed E-state index contributed by atoms with van der Waals surface area (Å²) in [7, 11) is 0. The molecule has 3 amide bonds. The fourth-order valence-electron chi connectivity index (χ4n) is 2.39. The van der Waals surface area contributed by atoms with Gasteiger partial charge < -0.3 is 31.5 Å². The number of nitrogens with zero attached hydrogens (tertiary/aromatic N) is 1. The molecule has 1 aliphatic heterocycles. The normalized spacial score (nSPS) is 17.9. The molecule has 0 aromatic heterocycles. The predicted molar refractivity (Wildman–Crippen MR) is 78.6 cm³/mol. The van der Waals surface area contributed by atoms with Crippen LogP contribution in [0.15, 0.2) is 0 Å². The van der Waals surface area contributed by atoms with Crippen LogP contribution < -0.4 is 16.4 Å². The van der Waals surface area contributed by atoms with Crippen molar-refractivity contribution in [2.24, 2.45) is 5.73 Å². The molecule has 0 spiro atoms. The van der Waals surface area contributed by atoms with Gasteiger partial charge >= 0.3 is 11.9 Å². The van der Waals surface area contributed by atoms with Crippen molar-refractivity contribution in [3.8, 4) is 0 Å². The van der Waals surface area contributed by atoms with E-state index in [4.69, 9.17) is 15.9 Å². The predicted octanol–water partition coefficient (Wildman–Crippen LogP) is -2.90. The first kappa shape index (κ1) is 19.4. The standard InChI is InChI=1S/C13H20N4O7/c14-5-9(18)17-3-1-2-8(17)13(24)16-7(4-10(19)20)12(23)15-6-11(21)22/h7-8H,1-6,14H2,(H,15,23)(H,16,24)(H,19,20)(H,21,22)/t7-,8-/m0/s1. The molecule has 6 N–H and O–H groups in total. The Labute approximate surface area is 137 Å². The fourth-order valence-corrected chi connectivity index (χ4v) is 2.39. The van der Waals surface area contributed by atoms with Crippen LogP contribution >= 0.6 is 0 Å². The maximum Gasteiger partial charge on any atom is 0.322 e. The van der Waals surface area contributed by atoms with Crippen molar-refractivity contribution in [1.82, 2.24) is 15.5 Å². The molecular weight excluding hydrogens is 324 g/mol. The number of carbonyl (C=O) groups is 5.